The number of para-hydroxylation sites is 1. The Bertz CT molecular complexity index is 748. The molecule has 3 rings (SSSR count). The van der Waals surface area contributed by atoms with Crippen molar-refractivity contribution in [3.8, 4) is 11.5 Å². The average molecular weight is 268 g/mol. The predicted molar refractivity (Wildman–Crippen MR) is 76.9 cm³/mol. The van der Waals surface area contributed by atoms with Gasteiger partial charge in [-0.15, -0.1) is 0 Å². The van der Waals surface area contributed by atoms with E-state index in [0.717, 1.165) is 17.3 Å². The lowest BCUT2D eigenvalue weighted by atomic mass is 10.0. The predicted octanol–water partition coefficient (Wildman–Crippen LogP) is 2.87. The molecule has 0 amide bonds. The zero-order valence-electron chi connectivity index (χ0n) is 11.5. The van der Waals surface area contributed by atoms with Crippen molar-refractivity contribution in [3.05, 3.63) is 42.3 Å². The van der Waals surface area contributed by atoms with E-state index in [1.54, 1.807) is 0 Å². The van der Waals surface area contributed by atoms with Gasteiger partial charge in [-0.25, -0.2) is 4.98 Å². The fraction of sp³-hybridized carbons (Fsp3) is 0.267. The van der Waals surface area contributed by atoms with E-state index in [-0.39, 0.29) is 0 Å². The van der Waals surface area contributed by atoms with Gasteiger partial charge in [0, 0.05) is 5.39 Å². The quantitative estimate of drug-likeness (QED) is 0.790. The number of nitrogens with two attached hydrogens (primary N) is 1. The molecule has 0 saturated heterocycles. The molecule has 5 heteroatoms. The molecule has 0 saturated carbocycles. The van der Waals surface area contributed by atoms with Crippen LogP contribution >= 0.6 is 0 Å². The lowest BCUT2D eigenvalue weighted by Gasteiger charge is -2.16. The highest BCUT2D eigenvalue weighted by atomic mass is 16.5. The lowest BCUT2D eigenvalue weighted by molar-refractivity contribution is 0.291. The van der Waals surface area contributed by atoms with Crippen LogP contribution in [0.1, 0.15) is 26.2 Å². The Labute approximate surface area is 116 Å². The van der Waals surface area contributed by atoms with Crippen LogP contribution in [0.3, 0.4) is 0 Å². The van der Waals surface area contributed by atoms with Gasteiger partial charge in [0.2, 0.25) is 11.7 Å². The van der Waals surface area contributed by atoms with E-state index in [1.807, 2.05) is 50.2 Å². The summed E-state index contributed by atoms with van der Waals surface area (Å²) < 4.78 is 5.26. The Hall–Kier alpha value is -2.27. The third-order valence-corrected chi connectivity index (χ3v) is 3.48. The van der Waals surface area contributed by atoms with E-state index < -0.39 is 5.54 Å². The summed E-state index contributed by atoms with van der Waals surface area (Å²) >= 11 is 0. The summed E-state index contributed by atoms with van der Waals surface area (Å²) in [7, 11) is 0. The van der Waals surface area contributed by atoms with Crippen LogP contribution in [0.25, 0.3) is 22.4 Å². The molecule has 0 fully saturated rings. The van der Waals surface area contributed by atoms with E-state index in [1.165, 1.54) is 0 Å². The molecule has 1 unspecified atom stereocenters. The van der Waals surface area contributed by atoms with Gasteiger partial charge in [-0.05, 0) is 25.5 Å². The first kappa shape index (κ1) is 12.7. The number of fused-ring (bicyclic) bond motifs is 1. The van der Waals surface area contributed by atoms with Crippen LogP contribution in [0.5, 0.6) is 0 Å². The van der Waals surface area contributed by atoms with Crippen LogP contribution in [0.15, 0.2) is 40.9 Å². The standard InChI is InChI=1S/C15H16N4O/c1-3-15(2,16)14-18-13(19-20-14)12-9-8-10-6-4-5-7-11(10)17-12/h4-9H,3,16H2,1-2H3. The highest BCUT2D eigenvalue weighted by Gasteiger charge is 2.26. The Morgan fingerprint density at radius 2 is 1.95 bits per heavy atom. The van der Waals surface area contributed by atoms with Gasteiger partial charge in [0.25, 0.3) is 0 Å². The number of pyridine rings is 1. The summed E-state index contributed by atoms with van der Waals surface area (Å²) in [5.41, 5.74) is 7.08. The van der Waals surface area contributed by atoms with E-state index in [2.05, 4.69) is 15.1 Å². The van der Waals surface area contributed by atoms with Crippen molar-refractivity contribution >= 4 is 10.9 Å². The summed E-state index contributed by atoms with van der Waals surface area (Å²) in [6.07, 6.45) is 0.722. The van der Waals surface area contributed by atoms with Crippen LogP contribution in [0.4, 0.5) is 0 Å². The zero-order valence-corrected chi connectivity index (χ0v) is 11.5. The molecule has 0 aliphatic rings. The molecule has 1 atom stereocenters. The van der Waals surface area contributed by atoms with Crippen molar-refractivity contribution in [2.75, 3.05) is 0 Å². The molecule has 0 spiro atoms. The minimum atomic E-state index is -0.609. The molecule has 5 nitrogen and oxygen atoms in total. The van der Waals surface area contributed by atoms with Gasteiger partial charge in [-0.1, -0.05) is 36.3 Å². The van der Waals surface area contributed by atoms with Crippen molar-refractivity contribution in [2.45, 2.75) is 25.8 Å². The second kappa shape index (κ2) is 4.68. The molecule has 0 bridgehead atoms. The van der Waals surface area contributed by atoms with Crippen LogP contribution in [-0.4, -0.2) is 15.1 Å². The summed E-state index contributed by atoms with van der Waals surface area (Å²) in [4.78, 5) is 8.91. The maximum Gasteiger partial charge on any atom is 0.246 e. The Kier molecular flexibility index (Phi) is 2.99. The van der Waals surface area contributed by atoms with Crippen molar-refractivity contribution in [2.24, 2.45) is 5.73 Å². The first-order valence-corrected chi connectivity index (χ1v) is 6.59. The molecule has 2 heterocycles. The van der Waals surface area contributed by atoms with Gasteiger partial charge in [-0.3, -0.25) is 0 Å². The highest BCUT2D eigenvalue weighted by Crippen LogP contribution is 2.23. The first-order chi connectivity index (χ1) is 9.60. The van der Waals surface area contributed by atoms with Crippen molar-refractivity contribution in [1.82, 2.24) is 15.1 Å². The SMILES string of the molecule is CCC(C)(N)c1nc(-c2ccc3ccccc3n2)no1. The summed E-state index contributed by atoms with van der Waals surface area (Å²) in [5, 5.41) is 5.06. The van der Waals surface area contributed by atoms with Crippen LogP contribution in [0, 0.1) is 0 Å². The number of hydrogen-bond acceptors (Lipinski definition) is 5. The average Bonchev–Trinajstić information content (AvgIpc) is 2.97. The van der Waals surface area contributed by atoms with Crippen LogP contribution in [0.2, 0.25) is 0 Å². The van der Waals surface area contributed by atoms with Gasteiger partial charge in [0.05, 0.1) is 11.1 Å². The minimum Gasteiger partial charge on any atom is -0.337 e. The fourth-order valence-corrected chi connectivity index (χ4v) is 1.90. The van der Waals surface area contributed by atoms with Crippen molar-refractivity contribution in [1.29, 1.82) is 0 Å². The summed E-state index contributed by atoms with van der Waals surface area (Å²) in [6, 6.07) is 11.8. The first-order valence-electron chi connectivity index (χ1n) is 6.59. The van der Waals surface area contributed by atoms with Gasteiger partial charge in [-0.2, -0.15) is 4.98 Å². The van der Waals surface area contributed by atoms with Gasteiger partial charge in [0.1, 0.15) is 5.69 Å². The third kappa shape index (κ3) is 2.16. The van der Waals surface area contributed by atoms with Gasteiger partial charge >= 0.3 is 0 Å². The monoisotopic (exact) mass is 268 g/mol. The Balaban J connectivity index is 2.03. The largest absolute Gasteiger partial charge is 0.337 e. The molecule has 0 radical (unpaired) electrons. The Morgan fingerprint density at radius 3 is 2.75 bits per heavy atom. The molecule has 1 aromatic carbocycles. The zero-order chi connectivity index (χ0) is 14.2. The van der Waals surface area contributed by atoms with Crippen LogP contribution in [-0.2, 0) is 5.54 Å². The molecular weight excluding hydrogens is 252 g/mol. The van der Waals surface area contributed by atoms with E-state index in [9.17, 15) is 0 Å². The Morgan fingerprint density at radius 1 is 1.15 bits per heavy atom. The number of benzene rings is 1. The van der Waals surface area contributed by atoms with Gasteiger partial charge < -0.3 is 10.3 Å². The van der Waals surface area contributed by atoms with E-state index >= 15 is 0 Å². The maximum absolute atomic E-state index is 6.10. The molecular formula is C15H16N4O. The number of rotatable bonds is 3. The molecule has 102 valence electrons. The number of hydrogen-bond donors (Lipinski definition) is 1. The molecule has 0 aliphatic carbocycles. The molecule has 20 heavy (non-hydrogen) atoms. The second-order valence-electron chi connectivity index (χ2n) is 5.08. The minimum absolute atomic E-state index is 0.435. The second-order valence-corrected chi connectivity index (χ2v) is 5.08. The molecule has 0 aliphatic heterocycles. The molecule has 2 N–H and O–H groups in total. The van der Waals surface area contributed by atoms with Crippen molar-refractivity contribution in [3.63, 3.8) is 0 Å². The maximum atomic E-state index is 6.10. The molecule has 3 aromatic rings. The van der Waals surface area contributed by atoms with Crippen LogP contribution < -0.4 is 5.73 Å². The smallest absolute Gasteiger partial charge is 0.246 e. The van der Waals surface area contributed by atoms with Crippen molar-refractivity contribution < 1.29 is 4.52 Å². The lowest BCUT2D eigenvalue weighted by Crippen LogP contribution is -2.32. The number of aromatic nitrogens is 3. The van der Waals surface area contributed by atoms with Gasteiger partial charge in [0.15, 0.2) is 0 Å². The summed E-state index contributed by atoms with van der Waals surface area (Å²) in [6.45, 7) is 3.86. The normalized spacial score (nSPS) is 14.3. The summed E-state index contributed by atoms with van der Waals surface area (Å²) in [5.74, 6) is 0.904. The highest BCUT2D eigenvalue weighted by molar-refractivity contribution is 5.80. The number of nitrogens with zero attached hydrogens (tertiary/aromatic N) is 3. The fourth-order valence-electron chi connectivity index (χ4n) is 1.90. The van der Waals surface area contributed by atoms with E-state index in [4.69, 9.17) is 10.3 Å². The third-order valence-electron chi connectivity index (χ3n) is 3.48. The topological polar surface area (TPSA) is 77.8 Å². The van der Waals surface area contributed by atoms with E-state index in [0.29, 0.717) is 17.4 Å². The molecule has 2 aromatic heterocycles.